The van der Waals surface area contributed by atoms with Crippen molar-refractivity contribution in [1.29, 1.82) is 0 Å². The highest BCUT2D eigenvalue weighted by molar-refractivity contribution is 5.90. The number of aromatic hydroxyl groups is 1. The van der Waals surface area contributed by atoms with Crippen LogP contribution in [0.4, 0.5) is 5.69 Å². The van der Waals surface area contributed by atoms with Crippen LogP contribution in [0.1, 0.15) is 0 Å². The minimum atomic E-state index is 0.244. The lowest BCUT2D eigenvalue weighted by atomic mass is 10.1. The van der Waals surface area contributed by atoms with Gasteiger partial charge < -0.3 is 20.6 Å². The van der Waals surface area contributed by atoms with Crippen molar-refractivity contribution in [3.8, 4) is 22.8 Å². The average molecular weight is 254 g/mol. The number of methoxy groups -OCH3 is 1. The third-order valence-electron chi connectivity index (χ3n) is 3.13. The van der Waals surface area contributed by atoms with Gasteiger partial charge in [-0.3, -0.25) is 0 Å². The number of anilines is 1. The standard InChI is InChI=1S/C15H14N2O2/c1-19-15-7-10-6-13(17-14(10)8-12(15)16)9-3-2-4-11(18)5-9/h2-8,17-18H,16H2,1H3. The Morgan fingerprint density at radius 3 is 2.74 bits per heavy atom. The van der Waals surface area contributed by atoms with Crippen molar-refractivity contribution in [3.63, 3.8) is 0 Å². The first kappa shape index (κ1) is 11.5. The van der Waals surface area contributed by atoms with Gasteiger partial charge in [0, 0.05) is 22.2 Å². The molecule has 0 aliphatic heterocycles. The number of hydrogen-bond donors (Lipinski definition) is 3. The number of benzene rings is 2. The summed E-state index contributed by atoms with van der Waals surface area (Å²) in [6.45, 7) is 0. The van der Waals surface area contributed by atoms with Crippen LogP contribution in [-0.2, 0) is 0 Å². The number of aromatic amines is 1. The molecule has 0 aliphatic rings. The van der Waals surface area contributed by atoms with Crippen molar-refractivity contribution < 1.29 is 9.84 Å². The Kier molecular flexibility index (Phi) is 2.56. The lowest BCUT2D eigenvalue weighted by Gasteiger charge is -2.03. The summed E-state index contributed by atoms with van der Waals surface area (Å²) >= 11 is 0. The first-order valence-corrected chi connectivity index (χ1v) is 5.93. The van der Waals surface area contributed by atoms with E-state index >= 15 is 0 Å². The SMILES string of the molecule is COc1cc2cc(-c3cccc(O)c3)[nH]c2cc1N. The summed E-state index contributed by atoms with van der Waals surface area (Å²) in [6.07, 6.45) is 0. The highest BCUT2D eigenvalue weighted by Gasteiger charge is 2.07. The molecule has 0 spiro atoms. The zero-order valence-electron chi connectivity index (χ0n) is 10.5. The van der Waals surface area contributed by atoms with Gasteiger partial charge in [-0.25, -0.2) is 0 Å². The van der Waals surface area contributed by atoms with Gasteiger partial charge in [-0.05, 0) is 30.3 Å². The fourth-order valence-electron chi connectivity index (χ4n) is 2.18. The van der Waals surface area contributed by atoms with E-state index in [0.717, 1.165) is 22.2 Å². The number of nitrogen functional groups attached to an aromatic ring is 1. The smallest absolute Gasteiger partial charge is 0.142 e. The molecular weight excluding hydrogens is 240 g/mol. The number of fused-ring (bicyclic) bond motifs is 1. The number of aromatic nitrogens is 1. The quantitative estimate of drug-likeness (QED) is 0.615. The second kappa shape index (κ2) is 4.24. The van der Waals surface area contributed by atoms with E-state index in [0.29, 0.717) is 11.4 Å². The fourth-order valence-corrected chi connectivity index (χ4v) is 2.18. The molecule has 3 rings (SSSR count). The molecule has 0 atom stereocenters. The number of rotatable bonds is 2. The molecule has 4 heteroatoms. The average Bonchev–Trinajstić information content (AvgIpc) is 2.80. The summed E-state index contributed by atoms with van der Waals surface area (Å²) in [6, 6.07) is 12.9. The molecule has 0 radical (unpaired) electrons. The number of nitrogens with two attached hydrogens (primary N) is 1. The molecule has 0 fully saturated rings. The predicted molar refractivity (Wildman–Crippen MR) is 76.4 cm³/mol. The Labute approximate surface area is 110 Å². The van der Waals surface area contributed by atoms with E-state index in [1.165, 1.54) is 0 Å². The lowest BCUT2D eigenvalue weighted by molar-refractivity contribution is 0.417. The zero-order chi connectivity index (χ0) is 13.4. The van der Waals surface area contributed by atoms with Gasteiger partial charge in [0.2, 0.25) is 0 Å². The Morgan fingerprint density at radius 2 is 2.00 bits per heavy atom. The molecule has 19 heavy (non-hydrogen) atoms. The summed E-state index contributed by atoms with van der Waals surface area (Å²) < 4.78 is 5.21. The highest BCUT2D eigenvalue weighted by atomic mass is 16.5. The number of phenols is 1. The number of H-pyrrole nitrogens is 1. The van der Waals surface area contributed by atoms with Gasteiger partial charge in [0.15, 0.2) is 0 Å². The molecule has 0 aliphatic carbocycles. The molecule has 0 amide bonds. The Balaban J connectivity index is 2.16. The maximum Gasteiger partial charge on any atom is 0.142 e. The van der Waals surface area contributed by atoms with Gasteiger partial charge in [-0.2, -0.15) is 0 Å². The van der Waals surface area contributed by atoms with Crippen LogP contribution in [0.25, 0.3) is 22.2 Å². The second-order valence-corrected chi connectivity index (χ2v) is 4.41. The molecule has 4 nitrogen and oxygen atoms in total. The molecule has 4 N–H and O–H groups in total. The van der Waals surface area contributed by atoms with Crippen LogP contribution in [0.15, 0.2) is 42.5 Å². The van der Waals surface area contributed by atoms with E-state index in [-0.39, 0.29) is 5.75 Å². The van der Waals surface area contributed by atoms with Crippen LogP contribution in [-0.4, -0.2) is 17.2 Å². The minimum Gasteiger partial charge on any atom is -0.508 e. The highest BCUT2D eigenvalue weighted by Crippen LogP contribution is 2.31. The van der Waals surface area contributed by atoms with Crippen LogP contribution in [0.5, 0.6) is 11.5 Å². The van der Waals surface area contributed by atoms with Crippen LogP contribution in [0.3, 0.4) is 0 Å². The largest absolute Gasteiger partial charge is 0.508 e. The number of hydrogen-bond acceptors (Lipinski definition) is 3. The van der Waals surface area contributed by atoms with E-state index in [1.807, 2.05) is 30.3 Å². The number of nitrogens with one attached hydrogen (secondary N) is 1. The van der Waals surface area contributed by atoms with E-state index < -0.39 is 0 Å². The maximum atomic E-state index is 9.52. The van der Waals surface area contributed by atoms with Gasteiger partial charge in [0.1, 0.15) is 11.5 Å². The van der Waals surface area contributed by atoms with Gasteiger partial charge in [-0.1, -0.05) is 12.1 Å². The van der Waals surface area contributed by atoms with Crippen molar-refractivity contribution in [2.45, 2.75) is 0 Å². The fraction of sp³-hybridized carbons (Fsp3) is 0.0667. The summed E-state index contributed by atoms with van der Waals surface area (Å²) in [5.41, 5.74) is 9.28. The molecule has 0 saturated heterocycles. The molecule has 1 aromatic heterocycles. The Morgan fingerprint density at radius 1 is 1.16 bits per heavy atom. The number of phenolic OH excluding ortho intramolecular Hbond substituents is 1. The van der Waals surface area contributed by atoms with Crippen molar-refractivity contribution in [3.05, 3.63) is 42.5 Å². The van der Waals surface area contributed by atoms with E-state index in [2.05, 4.69) is 4.98 Å². The van der Waals surface area contributed by atoms with Crippen molar-refractivity contribution in [1.82, 2.24) is 4.98 Å². The van der Waals surface area contributed by atoms with E-state index in [1.54, 1.807) is 19.2 Å². The molecule has 0 saturated carbocycles. The Hall–Kier alpha value is -2.62. The third-order valence-corrected chi connectivity index (χ3v) is 3.13. The van der Waals surface area contributed by atoms with E-state index in [9.17, 15) is 5.11 Å². The summed E-state index contributed by atoms with van der Waals surface area (Å²) in [4.78, 5) is 3.28. The van der Waals surface area contributed by atoms with Gasteiger partial charge >= 0.3 is 0 Å². The van der Waals surface area contributed by atoms with E-state index in [4.69, 9.17) is 10.5 Å². The molecule has 3 aromatic rings. The zero-order valence-corrected chi connectivity index (χ0v) is 10.5. The van der Waals surface area contributed by atoms with Crippen molar-refractivity contribution in [2.75, 3.05) is 12.8 Å². The number of ether oxygens (including phenoxy) is 1. The molecule has 0 unspecified atom stereocenters. The molecule has 96 valence electrons. The summed E-state index contributed by atoms with van der Waals surface area (Å²) in [7, 11) is 1.60. The topological polar surface area (TPSA) is 71.3 Å². The van der Waals surface area contributed by atoms with Crippen molar-refractivity contribution >= 4 is 16.6 Å². The van der Waals surface area contributed by atoms with Crippen LogP contribution >= 0.6 is 0 Å². The van der Waals surface area contributed by atoms with Gasteiger partial charge in [0.25, 0.3) is 0 Å². The molecule has 2 aromatic carbocycles. The van der Waals surface area contributed by atoms with Crippen LogP contribution in [0, 0.1) is 0 Å². The van der Waals surface area contributed by atoms with Crippen LogP contribution in [0.2, 0.25) is 0 Å². The minimum absolute atomic E-state index is 0.244. The Bertz CT molecular complexity index is 747. The molecule has 1 heterocycles. The lowest BCUT2D eigenvalue weighted by Crippen LogP contribution is -1.91. The van der Waals surface area contributed by atoms with Gasteiger partial charge in [0.05, 0.1) is 12.8 Å². The summed E-state index contributed by atoms with van der Waals surface area (Å²) in [5, 5.41) is 10.5. The predicted octanol–water partition coefficient (Wildman–Crippen LogP) is 3.13. The first-order chi connectivity index (χ1) is 9.17. The summed E-state index contributed by atoms with van der Waals surface area (Å²) in [5.74, 6) is 0.905. The van der Waals surface area contributed by atoms with Gasteiger partial charge in [-0.15, -0.1) is 0 Å². The normalized spacial score (nSPS) is 10.8. The van der Waals surface area contributed by atoms with Crippen LogP contribution < -0.4 is 10.5 Å². The molecule has 0 bridgehead atoms. The monoisotopic (exact) mass is 254 g/mol. The maximum absolute atomic E-state index is 9.52. The molecular formula is C15H14N2O2. The third kappa shape index (κ3) is 1.97. The first-order valence-electron chi connectivity index (χ1n) is 5.93. The second-order valence-electron chi connectivity index (χ2n) is 4.41. The van der Waals surface area contributed by atoms with Crippen molar-refractivity contribution in [2.24, 2.45) is 0 Å².